The number of thioether (sulfide) groups is 1. The topological polar surface area (TPSA) is 41.1 Å². The lowest BCUT2D eigenvalue weighted by Crippen LogP contribution is -2.40. The van der Waals surface area contributed by atoms with Crippen LogP contribution in [0.3, 0.4) is 0 Å². The average molecular weight is 216 g/mol. The number of hydrogen-bond donors (Lipinski definition) is 2. The third kappa shape index (κ3) is 4.86. The van der Waals surface area contributed by atoms with Crippen molar-refractivity contribution in [2.24, 2.45) is 0 Å². The van der Waals surface area contributed by atoms with Gasteiger partial charge < -0.3 is 10.6 Å². The van der Waals surface area contributed by atoms with Gasteiger partial charge in [0.25, 0.3) is 0 Å². The first-order valence-corrected chi connectivity index (χ1v) is 6.67. The van der Waals surface area contributed by atoms with Crippen LogP contribution in [-0.2, 0) is 4.79 Å². The molecule has 0 heterocycles. The summed E-state index contributed by atoms with van der Waals surface area (Å²) in [4.78, 5) is 11.3. The minimum atomic E-state index is 0.145. The summed E-state index contributed by atoms with van der Waals surface area (Å²) < 4.78 is 0. The molecule has 1 amide bonds. The summed E-state index contributed by atoms with van der Waals surface area (Å²) >= 11 is 1.82. The van der Waals surface area contributed by atoms with Crippen LogP contribution in [0.25, 0.3) is 0 Å². The van der Waals surface area contributed by atoms with E-state index in [0.29, 0.717) is 18.6 Å². The number of amides is 1. The van der Waals surface area contributed by atoms with Crippen molar-refractivity contribution in [2.75, 3.05) is 18.6 Å². The van der Waals surface area contributed by atoms with Gasteiger partial charge in [0, 0.05) is 17.8 Å². The highest BCUT2D eigenvalue weighted by Gasteiger charge is 2.23. The van der Waals surface area contributed by atoms with Gasteiger partial charge in [-0.2, -0.15) is 11.8 Å². The molecule has 1 fully saturated rings. The Morgan fingerprint density at radius 2 is 2.29 bits per heavy atom. The molecule has 1 saturated carbocycles. The van der Waals surface area contributed by atoms with Gasteiger partial charge in [-0.25, -0.2) is 0 Å². The molecule has 82 valence electrons. The van der Waals surface area contributed by atoms with Crippen molar-refractivity contribution in [2.45, 2.75) is 38.3 Å². The second-order valence-electron chi connectivity index (χ2n) is 3.78. The number of nitrogens with one attached hydrogen (secondary N) is 2. The van der Waals surface area contributed by atoms with E-state index in [1.54, 1.807) is 0 Å². The lowest BCUT2D eigenvalue weighted by atomic mass is 10.2. The second kappa shape index (κ2) is 6.30. The largest absolute Gasteiger partial charge is 0.352 e. The Labute approximate surface area is 90.4 Å². The van der Waals surface area contributed by atoms with Crippen molar-refractivity contribution < 1.29 is 4.79 Å². The zero-order valence-electron chi connectivity index (χ0n) is 9.01. The summed E-state index contributed by atoms with van der Waals surface area (Å²) in [6.07, 6.45) is 5.49. The van der Waals surface area contributed by atoms with E-state index >= 15 is 0 Å². The number of rotatable bonds is 7. The van der Waals surface area contributed by atoms with Crippen LogP contribution in [0.1, 0.15) is 26.2 Å². The van der Waals surface area contributed by atoms with Crippen LogP contribution >= 0.6 is 11.8 Å². The predicted molar refractivity (Wildman–Crippen MR) is 61.6 cm³/mol. The van der Waals surface area contributed by atoms with Crippen molar-refractivity contribution in [1.29, 1.82) is 0 Å². The minimum absolute atomic E-state index is 0.145. The van der Waals surface area contributed by atoms with Crippen LogP contribution in [0.4, 0.5) is 0 Å². The van der Waals surface area contributed by atoms with E-state index in [-0.39, 0.29) is 5.91 Å². The Hall–Kier alpha value is -0.220. The van der Waals surface area contributed by atoms with E-state index in [4.69, 9.17) is 0 Å². The van der Waals surface area contributed by atoms with Crippen molar-refractivity contribution >= 4 is 17.7 Å². The van der Waals surface area contributed by atoms with Crippen molar-refractivity contribution in [3.63, 3.8) is 0 Å². The lowest BCUT2D eigenvalue weighted by molar-refractivity contribution is -0.120. The maximum atomic E-state index is 11.3. The first-order valence-electron chi connectivity index (χ1n) is 5.28. The molecule has 1 unspecified atom stereocenters. The fourth-order valence-corrected chi connectivity index (χ4v) is 2.02. The van der Waals surface area contributed by atoms with Crippen LogP contribution in [0.5, 0.6) is 0 Å². The quantitative estimate of drug-likeness (QED) is 0.667. The van der Waals surface area contributed by atoms with Gasteiger partial charge >= 0.3 is 0 Å². The molecule has 0 bridgehead atoms. The summed E-state index contributed by atoms with van der Waals surface area (Å²) in [5, 5.41) is 6.24. The molecule has 0 aliphatic heterocycles. The maximum absolute atomic E-state index is 11.3. The fourth-order valence-electron chi connectivity index (χ4n) is 1.27. The van der Waals surface area contributed by atoms with Gasteiger partial charge in [-0.15, -0.1) is 0 Å². The molecule has 4 heteroatoms. The zero-order chi connectivity index (χ0) is 10.4. The molecule has 1 rings (SSSR count). The Morgan fingerprint density at radius 1 is 1.57 bits per heavy atom. The molecule has 1 atom stereocenters. The van der Waals surface area contributed by atoms with Gasteiger partial charge in [0.2, 0.25) is 5.91 Å². The Morgan fingerprint density at radius 3 is 2.79 bits per heavy atom. The lowest BCUT2D eigenvalue weighted by Gasteiger charge is -2.15. The van der Waals surface area contributed by atoms with Gasteiger partial charge in [0.05, 0.1) is 6.54 Å². The van der Waals surface area contributed by atoms with E-state index in [1.807, 2.05) is 11.8 Å². The van der Waals surface area contributed by atoms with Crippen molar-refractivity contribution in [3.8, 4) is 0 Å². The maximum Gasteiger partial charge on any atom is 0.234 e. The van der Waals surface area contributed by atoms with Crippen LogP contribution in [0.2, 0.25) is 0 Å². The summed E-state index contributed by atoms with van der Waals surface area (Å²) in [6.45, 7) is 2.61. The standard InChI is InChI=1S/C10H20N2OS/c1-3-8(7-14-2)11-6-10(13)12-9-4-5-9/h8-9,11H,3-7H2,1-2H3,(H,12,13). The Kier molecular flexibility index (Phi) is 5.33. The van der Waals surface area contributed by atoms with Crippen LogP contribution < -0.4 is 10.6 Å². The van der Waals surface area contributed by atoms with E-state index in [9.17, 15) is 4.79 Å². The Bertz CT molecular complexity index is 183. The van der Waals surface area contributed by atoms with Crippen LogP contribution in [-0.4, -0.2) is 36.5 Å². The van der Waals surface area contributed by atoms with Gasteiger partial charge in [0.1, 0.15) is 0 Å². The normalized spacial score (nSPS) is 17.9. The first-order chi connectivity index (χ1) is 6.76. The average Bonchev–Trinajstić information content (AvgIpc) is 2.96. The monoisotopic (exact) mass is 216 g/mol. The fraction of sp³-hybridized carbons (Fsp3) is 0.900. The highest BCUT2D eigenvalue weighted by Crippen LogP contribution is 2.18. The van der Waals surface area contributed by atoms with Gasteiger partial charge in [-0.3, -0.25) is 4.79 Å². The minimum Gasteiger partial charge on any atom is -0.352 e. The zero-order valence-corrected chi connectivity index (χ0v) is 9.82. The molecular weight excluding hydrogens is 196 g/mol. The third-order valence-electron chi connectivity index (χ3n) is 2.35. The van der Waals surface area contributed by atoms with Crippen LogP contribution in [0, 0.1) is 0 Å². The number of hydrogen-bond acceptors (Lipinski definition) is 3. The summed E-state index contributed by atoms with van der Waals surface area (Å²) in [5.74, 6) is 1.22. The van der Waals surface area contributed by atoms with Crippen molar-refractivity contribution in [3.05, 3.63) is 0 Å². The van der Waals surface area contributed by atoms with E-state index < -0.39 is 0 Å². The summed E-state index contributed by atoms with van der Waals surface area (Å²) in [6, 6.07) is 0.944. The molecular formula is C10H20N2OS. The van der Waals surface area contributed by atoms with Gasteiger partial charge in [0.15, 0.2) is 0 Å². The molecule has 0 aromatic heterocycles. The first kappa shape index (κ1) is 11.9. The third-order valence-corrected chi connectivity index (χ3v) is 3.09. The van der Waals surface area contributed by atoms with Gasteiger partial charge in [-0.1, -0.05) is 6.92 Å². The van der Waals surface area contributed by atoms with E-state index in [2.05, 4.69) is 23.8 Å². The molecule has 2 N–H and O–H groups in total. The SMILES string of the molecule is CCC(CSC)NCC(=O)NC1CC1. The molecule has 0 aromatic rings. The van der Waals surface area contributed by atoms with Gasteiger partial charge in [-0.05, 0) is 25.5 Å². The molecule has 0 saturated heterocycles. The second-order valence-corrected chi connectivity index (χ2v) is 4.69. The van der Waals surface area contributed by atoms with Crippen LogP contribution in [0.15, 0.2) is 0 Å². The summed E-state index contributed by atoms with van der Waals surface area (Å²) in [5.41, 5.74) is 0. The smallest absolute Gasteiger partial charge is 0.234 e. The van der Waals surface area contributed by atoms with E-state index in [1.165, 1.54) is 0 Å². The molecule has 0 spiro atoms. The molecule has 3 nitrogen and oxygen atoms in total. The molecule has 14 heavy (non-hydrogen) atoms. The molecule has 1 aliphatic carbocycles. The number of carbonyl (C=O) groups is 1. The van der Waals surface area contributed by atoms with Crippen molar-refractivity contribution in [1.82, 2.24) is 10.6 Å². The molecule has 0 radical (unpaired) electrons. The summed E-state index contributed by atoms with van der Waals surface area (Å²) in [7, 11) is 0. The molecule has 0 aromatic carbocycles. The number of carbonyl (C=O) groups excluding carboxylic acids is 1. The highest BCUT2D eigenvalue weighted by atomic mass is 32.2. The van der Waals surface area contributed by atoms with E-state index in [0.717, 1.165) is 25.0 Å². The highest BCUT2D eigenvalue weighted by molar-refractivity contribution is 7.98. The Balaban J connectivity index is 2.06. The molecule has 1 aliphatic rings. The predicted octanol–water partition coefficient (Wildman–Crippen LogP) is 0.996.